The van der Waals surface area contributed by atoms with Gasteiger partial charge in [0.25, 0.3) is 5.91 Å². The number of ether oxygens (including phenoxy) is 1. The lowest BCUT2D eigenvalue weighted by atomic mass is 10.2. The second-order valence-corrected chi connectivity index (χ2v) is 6.54. The summed E-state index contributed by atoms with van der Waals surface area (Å²) in [6, 6.07) is 5.33. The number of benzene rings is 1. The minimum Gasteiger partial charge on any atom is -0.496 e. The molecule has 0 saturated carbocycles. The molecule has 3 rings (SSSR count). The first kappa shape index (κ1) is 13.6. The van der Waals surface area contributed by atoms with Crippen LogP contribution in [0.25, 0.3) is 0 Å². The molecule has 1 N–H and O–H groups in total. The fourth-order valence-corrected chi connectivity index (χ4v) is 3.65. The van der Waals surface area contributed by atoms with Crippen LogP contribution in [-0.2, 0) is 12.8 Å². The summed E-state index contributed by atoms with van der Waals surface area (Å²) in [5.74, 6) is 0.350. The Hall–Kier alpha value is -1.40. The molecule has 1 aromatic carbocycles. The van der Waals surface area contributed by atoms with Gasteiger partial charge < -0.3 is 4.74 Å². The monoisotopic (exact) mass is 352 g/mol. The lowest BCUT2D eigenvalue weighted by Gasteiger charge is -2.08. The van der Waals surface area contributed by atoms with Crippen molar-refractivity contribution < 1.29 is 9.53 Å². The summed E-state index contributed by atoms with van der Waals surface area (Å²) in [5, 5.41) is 3.53. The zero-order valence-corrected chi connectivity index (χ0v) is 13.3. The summed E-state index contributed by atoms with van der Waals surface area (Å²) in [6.45, 7) is 0. The number of nitrogens with one attached hydrogen (secondary N) is 1. The number of anilines is 1. The van der Waals surface area contributed by atoms with Crippen molar-refractivity contribution in [3.8, 4) is 5.75 Å². The Morgan fingerprint density at radius 2 is 2.30 bits per heavy atom. The lowest BCUT2D eigenvalue weighted by molar-refractivity contribution is 0.102. The molecule has 1 heterocycles. The van der Waals surface area contributed by atoms with Crippen molar-refractivity contribution in [1.82, 2.24) is 4.98 Å². The number of hydrogen-bond acceptors (Lipinski definition) is 4. The van der Waals surface area contributed by atoms with Gasteiger partial charge in [0.1, 0.15) is 5.75 Å². The third-order valence-corrected chi connectivity index (χ3v) is 4.79. The van der Waals surface area contributed by atoms with E-state index >= 15 is 0 Å². The molecule has 4 nitrogen and oxygen atoms in total. The Bertz CT molecular complexity index is 648. The fourth-order valence-electron chi connectivity index (χ4n) is 2.26. The van der Waals surface area contributed by atoms with E-state index in [4.69, 9.17) is 4.74 Å². The molecular weight excluding hydrogens is 340 g/mol. The van der Waals surface area contributed by atoms with Crippen LogP contribution in [0.2, 0.25) is 0 Å². The lowest BCUT2D eigenvalue weighted by Crippen LogP contribution is -2.13. The van der Waals surface area contributed by atoms with Gasteiger partial charge >= 0.3 is 0 Å². The summed E-state index contributed by atoms with van der Waals surface area (Å²) in [5.41, 5.74) is 1.64. The quantitative estimate of drug-likeness (QED) is 0.916. The van der Waals surface area contributed by atoms with Crippen molar-refractivity contribution in [3.63, 3.8) is 0 Å². The van der Waals surface area contributed by atoms with Crippen molar-refractivity contribution >= 4 is 38.3 Å². The van der Waals surface area contributed by atoms with E-state index in [1.165, 1.54) is 11.3 Å². The minimum absolute atomic E-state index is 0.193. The van der Waals surface area contributed by atoms with E-state index in [1.54, 1.807) is 30.6 Å². The maximum absolute atomic E-state index is 12.3. The predicted molar refractivity (Wildman–Crippen MR) is 82.8 cm³/mol. The molecule has 0 unspecified atom stereocenters. The van der Waals surface area contributed by atoms with Crippen molar-refractivity contribution in [2.45, 2.75) is 19.3 Å². The molecule has 0 spiro atoms. The van der Waals surface area contributed by atoms with Gasteiger partial charge in [-0.05, 0) is 37.5 Å². The number of methoxy groups -OCH3 is 1. The highest BCUT2D eigenvalue weighted by Crippen LogP contribution is 2.31. The first-order valence-electron chi connectivity index (χ1n) is 6.31. The summed E-state index contributed by atoms with van der Waals surface area (Å²) < 4.78 is 6.11. The predicted octanol–water partition coefficient (Wildman–Crippen LogP) is 3.66. The minimum atomic E-state index is -0.193. The maximum Gasteiger partial charge on any atom is 0.261 e. The van der Waals surface area contributed by atoms with Crippen LogP contribution in [0.3, 0.4) is 0 Å². The van der Waals surface area contributed by atoms with Gasteiger partial charge in [0, 0.05) is 9.35 Å². The van der Waals surface area contributed by atoms with Gasteiger partial charge in [-0.25, -0.2) is 4.98 Å². The second-order valence-electron chi connectivity index (χ2n) is 4.54. The molecule has 1 amide bonds. The van der Waals surface area contributed by atoms with Crippen LogP contribution in [-0.4, -0.2) is 18.0 Å². The molecule has 0 bridgehead atoms. The molecule has 0 fully saturated rings. The van der Waals surface area contributed by atoms with Gasteiger partial charge in [-0.3, -0.25) is 10.1 Å². The van der Waals surface area contributed by atoms with Crippen molar-refractivity contribution in [2.24, 2.45) is 0 Å². The number of carbonyl (C=O) groups excluding carboxylic acids is 1. The molecule has 6 heteroatoms. The van der Waals surface area contributed by atoms with Crippen LogP contribution in [0, 0.1) is 0 Å². The number of rotatable bonds is 3. The summed E-state index contributed by atoms with van der Waals surface area (Å²) in [7, 11) is 1.55. The third-order valence-electron chi connectivity index (χ3n) is 3.22. The fraction of sp³-hybridized carbons (Fsp3) is 0.286. The number of aryl methyl sites for hydroxylation is 2. The van der Waals surface area contributed by atoms with Gasteiger partial charge in [-0.2, -0.15) is 0 Å². The Morgan fingerprint density at radius 1 is 1.45 bits per heavy atom. The first-order valence-corrected chi connectivity index (χ1v) is 7.92. The zero-order valence-electron chi connectivity index (χ0n) is 10.9. The van der Waals surface area contributed by atoms with Crippen molar-refractivity contribution in [1.29, 1.82) is 0 Å². The first-order chi connectivity index (χ1) is 9.67. The second kappa shape index (κ2) is 5.54. The average molecular weight is 353 g/mol. The van der Waals surface area contributed by atoms with Crippen LogP contribution >= 0.6 is 27.3 Å². The van der Waals surface area contributed by atoms with Crippen LogP contribution in [0.4, 0.5) is 5.13 Å². The maximum atomic E-state index is 12.3. The number of thiazole rings is 1. The van der Waals surface area contributed by atoms with Crippen molar-refractivity contribution in [3.05, 3.63) is 38.8 Å². The van der Waals surface area contributed by atoms with Gasteiger partial charge in [-0.15, -0.1) is 11.3 Å². The van der Waals surface area contributed by atoms with Gasteiger partial charge in [-0.1, -0.05) is 15.9 Å². The Kier molecular flexibility index (Phi) is 3.76. The smallest absolute Gasteiger partial charge is 0.261 e. The molecule has 0 atom stereocenters. The average Bonchev–Trinajstić information content (AvgIpc) is 2.99. The van der Waals surface area contributed by atoms with Crippen LogP contribution in [0.1, 0.15) is 27.3 Å². The number of aromatic nitrogens is 1. The van der Waals surface area contributed by atoms with E-state index in [1.807, 2.05) is 6.07 Å². The molecule has 1 aliphatic carbocycles. The Balaban J connectivity index is 1.82. The number of carbonyl (C=O) groups is 1. The Morgan fingerprint density at radius 3 is 3.05 bits per heavy atom. The standard InChI is InChI=1S/C14H13BrN2O2S/c1-19-11-7-8(15)5-6-9(11)13(18)17-14-16-10-3-2-4-12(10)20-14/h5-7H,2-4H2,1H3,(H,16,17,18). The summed E-state index contributed by atoms with van der Waals surface area (Å²) in [6.07, 6.45) is 3.26. The molecule has 1 aliphatic rings. The van der Waals surface area contributed by atoms with Gasteiger partial charge in [0.05, 0.1) is 18.4 Å². The zero-order chi connectivity index (χ0) is 14.1. The highest BCUT2D eigenvalue weighted by Gasteiger charge is 2.19. The largest absolute Gasteiger partial charge is 0.496 e. The van der Waals surface area contributed by atoms with Crippen LogP contribution < -0.4 is 10.1 Å². The van der Waals surface area contributed by atoms with E-state index in [0.29, 0.717) is 16.4 Å². The number of halogens is 1. The SMILES string of the molecule is COc1cc(Br)ccc1C(=O)Nc1nc2c(s1)CCC2. The number of amides is 1. The molecule has 0 radical (unpaired) electrons. The van der Waals surface area contributed by atoms with Crippen LogP contribution in [0.15, 0.2) is 22.7 Å². The van der Waals surface area contributed by atoms with E-state index in [9.17, 15) is 4.79 Å². The normalized spacial score (nSPS) is 13.1. The number of hydrogen-bond donors (Lipinski definition) is 1. The molecule has 2 aromatic rings. The van der Waals surface area contributed by atoms with E-state index in [0.717, 1.165) is 23.0 Å². The number of fused-ring (bicyclic) bond motifs is 1. The summed E-state index contributed by atoms with van der Waals surface area (Å²) in [4.78, 5) is 18.1. The van der Waals surface area contributed by atoms with Crippen LogP contribution in [0.5, 0.6) is 5.75 Å². The van der Waals surface area contributed by atoms with Gasteiger partial charge in [0.2, 0.25) is 0 Å². The molecule has 104 valence electrons. The van der Waals surface area contributed by atoms with E-state index in [2.05, 4.69) is 26.2 Å². The summed E-state index contributed by atoms with van der Waals surface area (Å²) >= 11 is 4.93. The number of nitrogens with zero attached hydrogens (tertiary/aromatic N) is 1. The topological polar surface area (TPSA) is 51.2 Å². The van der Waals surface area contributed by atoms with Gasteiger partial charge in [0.15, 0.2) is 5.13 Å². The molecular formula is C14H13BrN2O2S. The molecule has 0 aliphatic heterocycles. The Labute approximate surface area is 129 Å². The molecule has 1 aromatic heterocycles. The van der Waals surface area contributed by atoms with E-state index in [-0.39, 0.29) is 5.91 Å². The highest BCUT2D eigenvalue weighted by molar-refractivity contribution is 9.10. The highest BCUT2D eigenvalue weighted by atomic mass is 79.9. The third kappa shape index (κ3) is 2.58. The molecule has 0 saturated heterocycles. The molecule has 20 heavy (non-hydrogen) atoms. The van der Waals surface area contributed by atoms with Crippen molar-refractivity contribution in [2.75, 3.05) is 12.4 Å². The van der Waals surface area contributed by atoms with E-state index < -0.39 is 0 Å².